The molecule has 0 aromatic heterocycles. The number of guanidine groups is 1. The van der Waals surface area contributed by atoms with Crippen molar-refractivity contribution < 1.29 is 4.74 Å². The SMILES string of the molecule is COc1ccc(Br)cc1NC1=NCCN1. The molecule has 0 amide bonds. The molecule has 0 fully saturated rings. The monoisotopic (exact) mass is 269 g/mol. The number of aliphatic imine (C=N–C) groups is 1. The lowest BCUT2D eigenvalue weighted by Gasteiger charge is -2.11. The Morgan fingerprint density at radius 1 is 1.53 bits per heavy atom. The molecule has 1 aliphatic rings. The maximum Gasteiger partial charge on any atom is 0.196 e. The summed E-state index contributed by atoms with van der Waals surface area (Å²) >= 11 is 3.42. The van der Waals surface area contributed by atoms with Gasteiger partial charge < -0.3 is 15.4 Å². The maximum atomic E-state index is 5.24. The minimum absolute atomic E-state index is 0.798. The van der Waals surface area contributed by atoms with E-state index in [2.05, 4.69) is 31.6 Å². The van der Waals surface area contributed by atoms with Crippen LogP contribution in [-0.4, -0.2) is 26.2 Å². The number of nitrogens with zero attached hydrogens (tertiary/aromatic N) is 1. The molecule has 2 N–H and O–H groups in total. The Labute approximate surface area is 96.9 Å². The molecule has 1 aromatic carbocycles. The lowest BCUT2D eigenvalue weighted by molar-refractivity contribution is 0.417. The summed E-state index contributed by atoms with van der Waals surface area (Å²) in [6.45, 7) is 1.71. The summed E-state index contributed by atoms with van der Waals surface area (Å²) in [5.41, 5.74) is 0.903. The quantitative estimate of drug-likeness (QED) is 0.861. The third-order valence-electron chi connectivity index (χ3n) is 2.09. The lowest BCUT2D eigenvalue weighted by atomic mass is 10.3. The molecule has 0 unspecified atom stereocenters. The highest BCUT2D eigenvalue weighted by atomic mass is 79.9. The van der Waals surface area contributed by atoms with E-state index >= 15 is 0 Å². The van der Waals surface area contributed by atoms with Crippen molar-refractivity contribution in [3.05, 3.63) is 22.7 Å². The van der Waals surface area contributed by atoms with Crippen molar-refractivity contribution in [2.24, 2.45) is 4.99 Å². The molecule has 5 heteroatoms. The molecular weight excluding hydrogens is 258 g/mol. The molecule has 0 saturated carbocycles. The number of benzene rings is 1. The first-order valence-electron chi connectivity index (χ1n) is 4.68. The van der Waals surface area contributed by atoms with E-state index in [1.807, 2.05) is 18.2 Å². The predicted octanol–water partition coefficient (Wildman–Crippen LogP) is 1.83. The lowest BCUT2D eigenvalue weighted by Crippen LogP contribution is -2.26. The second kappa shape index (κ2) is 4.53. The summed E-state index contributed by atoms with van der Waals surface area (Å²) in [7, 11) is 1.65. The number of rotatable bonds is 2. The fraction of sp³-hybridized carbons (Fsp3) is 0.300. The zero-order valence-electron chi connectivity index (χ0n) is 8.38. The van der Waals surface area contributed by atoms with E-state index in [0.29, 0.717) is 0 Å². The molecule has 1 aromatic rings. The second-order valence-electron chi connectivity index (χ2n) is 3.13. The Hall–Kier alpha value is -1.23. The number of halogens is 1. The van der Waals surface area contributed by atoms with Gasteiger partial charge in [-0.25, -0.2) is 0 Å². The fourth-order valence-electron chi connectivity index (χ4n) is 1.39. The molecular formula is C10H12BrN3O. The number of hydrogen-bond donors (Lipinski definition) is 2. The van der Waals surface area contributed by atoms with E-state index in [4.69, 9.17) is 4.74 Å². The van der Waals surface area contributed by atoms with Gasteiger partial charge in [0.15, 0.2) is 5.96 Å². The molecule has 1 aliphatic heterocycles. The molecule has 0 bridgehead atoms. The van der Waals surface area contributed by atoms with Gasteiger partial charge in [0, 0.05) is 11.0 Å². The number of ether oxygens (including phenoxy) is 1. The Morgan fingerprint density at radius 2 is 2.40 bits per heavy atom. The highest BCUT2D eigenvalue weighted by molar-refractivity contribution is 9.10. The van der Waals surface area contributed by atoms with Gasteiger partial charge in [-0.3, -0.25) is 4.99 Å². The summed E-state index contributed by atoms with van der Waals surface area (Å²) < 4.78 is 6.25. The maximum absolute atomic E-state index is 5.24. The smallest absolute Gasteiger partial charge is 0.196 e. The van der Waals surface area contributed by atoms with Crippen molar-refractivity contribution in [3.8, 4) is 5.75 Å². The number of hydrogen-bond acceptors (Lipinski definition) is 4. The summed E-state index contributed by atoms with van der Waals surface area (Å²) in [5.74, 6) is 1.60. The first-order chi connectivity index (χ1) is 7.29. The largest absolute Gasteiger partial charge is 0.495 e. The van der Waals surface area contributed by atoms with Gasteiger partial charge in [-0.15, -0.1) is 0 Å². The van der Waals surface area contributed by atoms with Gasteiger partial charge in [-0.2, -0.15) is 0 Å². The summed E-state index contributed by atoms with van der Waals surface area (Å²) in [6, 6.07) is 5.80. The molecule has 2 rings (SSSR count). The van der Waals surface area contributed by atoms with Crippen LogP contribution in [0.15, 0.2) is 27.7 Å². The number of methoxy groups -OCH3 is 1. The van der Waals surface area contributed by atoms with E-state index in [1.165, 1.54) is 0 Å². The normalized spacial score (nSPS) is 14.4. The molecule has 0 spiro atoms. The Morgan fingerprint density at radius 3 is 3.07 bits per heavy atom. The Balaban J connectivity index is 2.21. The first kappa shape index (κ1) is 10.3. The van der Waals surface area contributed by atoms with Crippen LogP contribution in [0.1, 0.15) is 0 Å². The van der Waals surface area contributed by atoms with Crippen LogP contribution in [0.4, 0.5) is 5.69 Å². The van der Waals surface area contributed by atoms with Gasteiger partial charge in [-0.05, 0) is 18.2 Å². The van der Waals surface area contributed by atoms with Gasteiger partial charge in [-0.1, -0.05) is 15.9 Å². The molecule has 0 saturated heterocycles. The average Bonchev–Trinajstić information content (AvgIpc) is 2.71. The van der Waals surface area contributed by atoms with Crippen LogP contribution in [0.2, 0.25) is 0 Å². The average molecular weight is 270 g/mol. The number of nitrogens with one attached hydrogen (secondary N) is 2. The molecule has 0 aliphatic carbocycles. The van der Waals surface area contributed by atoms with Crippen molar-refractivity contribution in [2.45, 2.75) is 0 Å². The van der Waals surface area contributed by atoms with Crippen LogP contribution in [0, 0.1) is 0 Å². The van der Waals surface area contributed by atoms with E-state index in [9.17, 15) is 0 Å². The van der Waals surface area contributed by atoms with Crippen molar-refractivity contribution in [1.82, 2.24) is 5.32 Å². The second-order valence-corrected chi connectivity index (χ2v) is 4.04. The molecule has 0 radical (unpaired) electrons. The van der Waals surface area contributed by atoms with Gasteiger partial charge in [0.2, 0.25) is 0 Å². The summed E-state index contributed by atoms with van der Waals surface area (Å²) in [5, 5.41) is 6.33. The van der Waals surface area contributed by atoms with Crippen molar-refractivity contribution in [3.63, 3.8) is 0 Å². The van der Waals surface area contributed by atoms with Gasteiger partial charge in [0.1, 0.15) is 5.75 Å². The minimum Gasteiger partial charge on any atom is -0.495 e. The Kier molecular flexibility index (Phi) is 3.11. The molecule has 0 atom stereocenters. The topological polar surface area (TPSA) is 45.6 Å². The minimum atomic E-state index is 0.798. The van der Waals surface area contributed by atoms with Crippen LogP contribution >= 0.6 is 15.9 Å². The van der Waals surface area contributed by atoms with Crippen molar-refractivity contribution in [2.75, 3.05) is 25.5 Å². The van der Waals surface area contributed by atoms with E-state index in [1.54, 1.807) is 7.11 Å². The summed E-state index contributed by atoms with van der Waals surface area (Å²) in [6.07, 6.45) is 0. The van der Waals surface area contributed by atoms with Crippen LogP contribution in [0.25, 0.3) is 0 Å². The van der Waals surface area contributed by atoms with E-state index in [0.717, 1.165) is 35.0 Å². The van der Waals surface area contributed by atoms with Crippen LogP contribution in [-0.2, 0) is 0 Å². The van der Waals surface area contributed by atoms with E-state index in [-0.39, 0.29) is 0 Å². The highest BCUT2D eigenvalue weighted by Gasteiger charge is 2.08. The third kappa shape index (κ3) is 2.41. The molecule has 1 heterocycles. The third-order valence-corrected chi connectivity index (χ3v) is 2.58. The van der Waals surface area contributed by atoms with Gasteiger partial charge >= 0.3 is 0 Å². The highest BCUT2D eigenvalue weighted by Crippen LogP contribution is 2.27. The van der Waals surface area contributed by atoms with Gasteiger partial charge in [0.25, 0.3) is 0 Å². The fourth-order valence-corrected chi connectivity index (χ4v) is 1.75. The van der Waals surface area contributed by atoms with Crippen molar-refractivity contribution in [1.29, 1.82) is 0 Å². The zero-order chi connectivity index (χ0) is 10.7. The number of anilines is 1. The summed E-state index contributed by atoms with van der Waals surface area (Å²) in [4.78, 5) is 4.26. The van der Waals surface area contributed by atoms with Crippen molar-refractivity contribution >= 4 is 27.6 Å². The van der Waals surface area contributed by atoms with Crippen LogP contribution < -0.4 is 15.4 Å². The standard InChI is InChI=1S/C10H12BrN3O/c1-15-9-3-2-7(11)6-8(9)14-10-12-4-5-13-10/h2-3,6H,4-5H2,1H3,(H2,12,13,14). The molecule has 80 valence electrons. The van der Waals surface area contributed by atoms with E-state index < -0.39 is 0 Å². The molecule has 15 heavy (non-hydrogen) atoms. The first-order valence-corrected chi connectivity index (χ1v) is 5.48. The van der Waals surface area contributed by atoms with Gasteiger partial charge in [0.05, 0.1) is 19.3 Å². The molecule has 4 nitrogen and oxygen atoms in total. The van der Waals surface area contributed by atoms with Crippen LogP contribution in [0.3, 0.4) is 0 Å². The zero-order valence-corrected chi connectivity index (χ0v) is 9.97. The predicted molar refractivity (Wildman–Crippen MR) is 64.6 cm³/mol. The Bertz CT molecular complexity index is 392. The van der Waals surface area contributed by atoms with Crippen LogP contribution in [0.5, 0.6) is 5.75 Å².